The quantitative estimate of drug-likeness (QED) is 0.689. The van der Waals surface area contributed by atoms with Gasteiger partial charge in [-0.1, -0.05) is 0 Å². The van der Waals surface area contributed by atoms with Crippen molar-refractivity contribution in [1.29, 1.82) is 0 Å². The molecular weight excluding hydrogens is 358 g/mol. The molecule has 27 heavy (non-hydrogen) atoms. The van der Waals surface area contributed by atoms with Crippen molar-refractivity contribution in [3.05, 3.63) is 35.7 Å². The number of benzene rings is 1. The predicted octanol–water partition coefficient (Wildman–Crippen LogP) is 4.24. The molecule has 3 aromatic rings. The second-order valence-corrected chi connectivity index (χ2v) is 7.99. The molecule has 1 saturated heterocycles. The average molecular weight is 382 g/mol. The summed E-state index contributed by atoms with van der Waals surface area (Å²) in [6.45, 7) is 3.48. The highest BCUT2D eigenvalue weighted by Gasteiger charge is 2.20. The lowest BCUT2D eigenvalue weighted by atomic mass is 9.93. The van der Waals surface area contributed by atoms with E-state index in [1.54, 1.807) is 11.3 Å². The SMILES string of the molecule is c1cc2nc(Nc3ccc(N4CCOCC4)cc3)nc(NC3CCC3)c2s1. The zero-order valence-corrected chi connectivity index (χ0v) is 16.0. The normalized spacial score (nSPS) is 17.7. The summed E-state index contributed by atoms with van der Waals surface area (Å²) < 4.78 is 6.56. The minimum Gasteiger partial charge on any atom is -0.378 e. The van der Waals surface area contributed by atoms with E-state index in [0.717, 1.165) is 48.0 Å². The van der Waals surface area contributed by atoms with Crippen LogP contribution in [0.5, 0.6) is 0 Å². The predicted molar refractivity (Wildman–Crippen MR) is 111 cm³/mol. The molecule has 2 fully saturated rings. The van der Waals surface area contributed by atoms with Gasteiger partial charge in [0.25, 0.3) is 0 Å². The lowest BCUT2D eigenvalue weighted by molar-refractivity contribution is 0.122. The monoisotopic (exact) mass is 381 g/mol. The molecule has 7 heteroatoms. The maximum absolute atomic E-state index is 5.43. The topological polar surface area (TPSA) is 62.3 Å². The van der Waals surface area contributed by atoms with E-state index in [1.807, 2.05) is 0 Å². The molecule has 6 nitrogen and oxygen atoms in total. The number of anilines is 4. The highest BCUT2D eigenvalue weighted by Crippen LogP contribution is 2.31. The molecule has 0 unspecified atom stereocenters. The van der Waals surface area contributed by atoms with Crippen LogP contribution >= 0.6 is 11.3 Å². The van der Waals surface area contributed by atoms with Gasteiger partial charge in [0.2, 0.25) is 5.95 Å². The summed E-state index contributed by atoms with van der Waals surface area (Å²) in [4.78, 5) is 11.8. The Bertz CT molecular complexity index is 916. The van der Waals surface area contributed by atoms with Crippen molar-refractivity contribution in [2.45, 2.75) is 25.3 Å². The maximum atomic E-state index is 5.43. The van der Waals surface area contributed by atoms with Crippen LogP contribution in [0.15, 0.2) is 35.7 Å². The van der Waals surface area contributed by atoms with Crippen molar-refractivity contribution >= 4 is 44.7 Å². The van der Waals surface area contributed by atoms with Gasteiger partial charge in [-0.3, -0.25) is 0 Å². The molecule has 1 aliphatic carbocycles. The van der Waals surface area contributed by atoms with E-state index in [1.165, 1.54) is 24.9 Å². The van der Waals surface area contributed by atoms with Gasteiger partial charge in [0.1, 0.15) is 5.82 Å². The van der Waals surface area contributed by atoms with Crippen molar-refractivity contribution in [1.82, 2.24) is 9.97 Å². The van der Waals surface area contributed by atoms with Crippen LogP contribution < -0.4 is 15.5 Å². The van der Waals surface area contributed by atoms with Gasteiger partial charge in [0, 0.05) is 30.5 Å². The first-order chi connectivity index (χ1) is 13.3. The molecule has 0 spiro atoms. The van der Waals surface area contributed by atoms with Crippen molar-refractivity contribution in [2.75, 3.05) is 41.8 Å². The summed E-state index contributed by atoms with van der Waals surface area (Å²) in [5.74, 6) is 1.59. The van der Waals surface area contributed by atoms with E-state index in [4.69, 9.17) is 9.72 Å². The first-order valence-electron chi connectivity index (χ1n) is 9.57. The first kappa shape index (κ1) is 16.8. The fourth-order valence-electron chi connectivity index (χ4n) is 3.47. The van der Waals surface area contributed by atoms with Gasteiger partial charge >= 0.3 is 0 Å². The van der Waals surface area contributed by atoms with E-state index in [2.05, 4.69) is 56.2 Å². The second-order valence-electron chi connectivity index (χ2n) is 7.07. The smallest absolute Gasteiger partial charge is 0.229 e. The molecule has 0 amide bonds. The summed E-state index contributed by atoms with van der Waals surface area (Å²) in [7, 11) is 0. The molecule has 140 valence electrons. The van der Waals surface area contributed by atoms with E-state index < -0.39 is 0 Å². The number of nitrogens with zero attached hydrogens (tertiary/aromatic N) is 3. The standard InChI is InChI=1S/C20H23N5OS/c1-2-14(3-1)21-19-18-17(8-13-27-18)23-20(24-19)22-15-4-6-16(7-5-15)25-9-11-26-12-10-25/h4-8,13-14H,1-3,9-12H2,(H2,21,22,23,24). The number of nitrogens with one attached hydrogen (secondary N) is 2. The molecule has 0 bridgehead atoms. The van der Waals surface area contributed by atoms with E-state index >= 15 is 0 Å². The minimum absolute atomic E-state index is 0.547. The number of rotatable bonds is 5. The van der Waals surface area contributed by atoms with Crippen LogP contribution in [0.3, 0.4) is 0 Å². The number of thiophene rings is 1. The van der Waals surface area contributed by atoms with Gasteiger partial charge in [-0.25, -0.2) is 4.98 Å². The number of hydrogen-bond donors (Lipinski definition) is 2. The zero-order chi connectivity index (χ0) is 18.1. The van der Waals surface area contributed by atoms with Crippen molar-refractivity contribution in [3.8, 4) is 0 Å². The van der Waals surface area contributed by atoms with Crippen LogP contribution in [0.1, 0.15) is 19.3 Å². The van der Waals surface area contributed by atoms with E-state index in [0.29, 0.717) is 12.0 Å². The zero-order valence-electron chi connectivity index (χ0n) is 15.1. The third kappa shape index (κ3) is 3.57. The third-order valence-electron chi connectivity index (χ3n) is 5.25. The number of hydrogen-bond acceptors (Lipinski definition) is 7. The maximum Gasteiger partial charge on any atom is 0.229 e. The lowest BCUT2D eigenvalue weighted by Crippen LogP contribution is -2.36. The largest absolute Gasteiger partial charge is 0.378 e. The van der Waals surface area contributed by atoms with Gasteiger partial charge in [-0.15, -0.1) is 11.3 Å². The molecule has 0 atom stereocenters. The van der Waals surface area contributed by atoms with Crippen LogP contribution in [0.2, 0.25) is 0 Å². The van der Waals surface area contributed by atoms with Crippen molar-refractivity contribution < 1.29 is 4.74 Å². The van der Waals surface area contributed by atoms with Crippen molar-refractivity contribution in [2.24, 2.45) is 0 Å². The highest BCUT2D eigenvalue weighted by molar-refractivity contribution is 7.17. The van der Waals surface area contributed by atoms with Crippen LogP contribution in [0, 0.1) is 0 Å². The Labute approximate surface area is 162 Å². The van der Waals surface area contributed by atoms with Gasteiger partial charge in [-0.05, 0) is 55.0 Å². The highest BCUT2D eigenvalue weighted by atomic mass is 32.1. The van der Waals surface area contributed by atoms with Gasteiger partial charge in [-0.2, -0.15) is 4.98 Å². The molecule has 2 aromatic heterocycles. The molecule has 2 N–H and O–H groups in total. The summed E-state index contributed by atoms with van der Waals surface area (Å²) >= 11 is 1.69. The van der Waals surface area contributed by atoms with Gasteiger partial charge in [0.15, 0.2) is 0 Å². The summed E-state index contributed by atoms with van der Waals surface area (Å²) in [6.07, 6.45) is 3.75. The number of morpholine rings is 1. The van der Waals surface area contributed by atoms with Crippen LogP contribution in [0.25, 0.3) is 10.2 Å². The fraction of sp³-hybridized carbons (Fsp3) is 0.400. The Balaban J connectivity index is 1.35. The second kappa shape index (κ2) is 7.32. The Morgan fingerprint density at radius 2 is 1.85 bits per heavy atom. The molecule has 1 aliphatic heterocycles. The van der Waals surface area contributed by atoms with Crippen LogP contribution in [-0.4, -0.2) is 42.3 Å². The Morgan fingerprint density at radius 1 is 1.04 bits per heavy atom. The molecule has 3 heterocycles. The number of fused-ring (bicyclic) bond motifs is 1. The fourth-order valence-corrected chi connectivity index (χ4v) is 4.25. The number of ether oxygens (including phenoxy) is 1. The third-order valence-corrected chi connectivity index (χ3v) is 6.16. The van der Waals surface area contributed by atoms with Crippen molar-refractivity contribution in [3.63, 3.8) is 0 Å². The van der Waals surface area contributed by atoms with E-state index in [-0.39, 0.29) is 0 Å². The van der Waals surface area contributed by atoms with Gasteiger partial charge in [0.05, 0.1) is 23.4 Å². The Kier molecular flexibility index (Phi) is 4.55. The summed E-state index contributed by atoms with van der Waals surface area (Å²) in [5, 5.41) is 9.03. The first-order valence-corrected chi connectivity index (χ1v) is 10.4. The average Bonchev–Trinajstić information content (AvgIpc) is 3.15. The van der Waals surface area contributed by atoms with Gasteiger partial charge < -0.3 is 20.3 Å². The Morgan fingerprint density at radius 3 is 2.59 bits per heavy atom. The lowest BCUT2D eigenvalue weighted by Gasteiger charge is -2.29. The van der Waals surface area contributed by atoms with E-state index in [9.17, 15) is 0 Å². The van der Waals surface area contributed by atoms with Crippen LogP contribution in [-0.2, 0) is 4.74 Å². The summed E-state index contributed by atoms with van der Waals surface area (Å²) in [6, 6.07) is 11.1. The molecule has 2 aliphatic rings. The molecule has 1 aromatic carbocycles. The molecule has 5 rings (SSSR count). The van der Waals surface area contributed by atoms with Crippen LogP contribution in [0.4, 0.5) is 23.1 Å². The molecule has 0 radical (unpaired) electrons. The minimum atomic E-state index is 0.547. The summed E-state index contributed by atoms with van der Waals surface area (Å²) in [5.41, 5.74) is 3.21. The Hall–Kier alpha value is -2.38. The molecule has 1 saturated carbocycles. The number of aromatic nitrogens is 2. The molecular formula is C20H23N5OS.